The zero-order valence-corrected chi connectivity index (χ0v) is 19.3. The smallest absolute Gasteiger partial charge is 0.243 e. The van der Waals surface area contributed by atoms with Gasteiger partial charge in [0.2, 0.25) is 10.0 Å². The van der Waals surface area contributed by atoms with Crippen molar-refractivity contribution >= 4 is 26.6 Å². The van der Waals surface area contributed by atoms with Crippen LogP contribution in [0.1, 0.15) is 24.1 Å². The number of halogens is 3. The number of aryl methyl sites for hydroxylation is 1. The number of alkyl halides is 1. The SMILES string of the molecule is Cc1cc(-c2c(F)cc(S(=O)(=O)N3CC[C@H](F)C3)cc2F)nc2nc(C3=CCNCC3)ccc12. The third-order valence-corrected chi connectivity index (χ3v) is 8.12. The minimum atomic E-state index is -4.21. The Morgan fingerprint density at radius 1 is 1.09 bits per heavy atom. The highest BCUT2D eigenvalue weighted by Gasteiger charge is 2.34. The van der Waals surface area contributed by atoms with Crippen molar-refractivity contribution in [2.45, 2.75) is 30.8 Å². The quantitative estimate of drug-likeness (QED) is 0.601. The number of fused-ring (bicyclic) bond motifs is 1. The van der Waals surface area contributed by atoms with Crippen molar-refractivity contribution in [3.05, 3.63) is 59.3 Å². The molecule has 10 heteroatoms. The molecule has 0 bridgehead atoms. The number of aromatic nitrogens is 2. The molecule has 0 saturated carbocycles. The zero-order chi connectivity index (χ0) is 24.0. The van der Waals surface area contributed by atoms with Crippen LogP contribution in [0.5, 0.6) is 0 Å². The van der Waals surface area contributed by atoms with Gasteiger partial charge in [-0.3, -0.25) is 0 Å². The van der Waals surface area contributed by atoms with Gasteiger partial charge in [0.1, 0.15) is 17.8 Å². The fourth-order valence-corrected chi connectivity index (χ4v) is 5.94. The number of sulfonamides is 1. The van der Waals surface area contributed by atoms with E-state index in [9.17, 15) is 12.8 Å². The molecule has 1 atom stereocenters. The predicted octanol–water partition coefficient (Wildman–Crippen LogP) is 3.99. The summed E-state index contributed by atoms with van der Waals surface area (Å²) in [5.74, 6) is -2.11. The molecule has 6 nitrogen and oxygen atoms in total. The second-order valence-electron chi connectivity index (χ2n) is 8.59. The lowest BCUT2D eigenvalue weighted by Crippen LogP contribution is -2.29. The van der Waals surface area contributed by atoms with Crippen LogP contribution in [0.4, 0.5) is 13.2 Å². The fourth-order valence-electron chi connectivity index (χ4n) is 4.43. The fraction of sp³-hybridized carbons (Fsp3) is 0.333. The van der Waals surface area contributed by atoms with Crippen LogP contribution in [0.15, 0.2) is 41.3 Å². The molecule has 3 aromatic rings. The van der Waals surface area contributed by atoms with E-state index in [1.165, 1.54) is 0 Å². The molecule has 1 fully saturated rings. The summed E-state index contributed by atoms with van der Waals surface area (Å²) < 4.78 is 70.1. The monoisotopic (exact) mass is 488 g/mol. The summed E-state index contributed by atoms with van der Waals surface area (Å²) in [7, 11) is -4.21. The van der Waals surface area contributed by atoms with E-state index < -0.39 is 38.3 Å². The molecule has 0 aliphatic carbocycles. The van der Waals surface area contributed by atoms with Crippen LogP contribution in [-0.2, 0) is 10.0 Å². The normalized spacial score (nSPS) is 19.5. The molecule has 178 valence electrons. The van der Waals surface area contributed by atoms with Gasteiger partial charge in [-0.05, 0) is 67.8 Å². The summed E-state index contributed by atoms with van der Waals surface area (Å²) in [6, 6.07) is 6.89. The first-order chi connectivity index (χ1) is 16.2. The first-order valence-corrected chi connectivity index (χ1v) is 12.5. The lowest BCUT2D eigenvalue weighted by Gasteiger charge is -2.17. The van der Waals surface area contributed by atoms with E-state index in [0.717, 1.165) is 58.2 Å². The number of benzene rings is 1. The van der Waals surface area contributed by atoms with Crippen molar-refractivity contribution in [2.24, 2.45) is 0 Å². The number of pyridine rings is 2. The van der Waals surface area contributed by atoms with E-state index in [0.29, 0.717) is 5.65 Å². The molecule has 5 rings (SSSR count). The van der Waals surface area contributed by atoms with Crippen LogP contribution >= 0.6 is 0 Å². The van der Waals surface area contributed by atoms with E-state index >= 15 is 8.78 Å². The summed E-state index contributed by atoms with van der Waals surface area (Å²) in [6.45, 7) is 3.04. The third kappa shape index (κ3) is 4.10. The van der Waals surface area contributed by atoms with Gasteiger partial charge in [0, 0.05) is 25.0 Å². The Kier molecular flexibility index (Phi) is 5.91. The number of nitrogens with one attached hydrogen (secondary N) is 1. The van der Waals surface area contributed by atoms with Crippen LogP contribution < -0.4 is 5.32 Å². The van der Waals surface area contributed by atoms with Crippen molar-refractivity contribution < 1.29 is 21.6 Å². The van der Waals surface area contributed by atoms with Crippen LogP contribution in [0.3, 0.4) is 0 Å². The van der Waals surface area contributed by atoms with Gasteiger partial charge in [-0.15, -0.1) is 0 Å². The average Bonchev–Trinajstić information content (AvgIpc) is 3.26. The largest absolute Gasteiger partial charge is 0.313 e. The van der Waals surface area contributed by atoms with E-state index in [4.69, 9.17) is 0 Å². The molecule has 1 aromatic carbocycles. The molecule has 0 unspecified atom stereocenters. The molecule has 1 N–H and O–H groups in total. The topological polar surface area (TPSA) is 75.2 Å². The van der Waals surface area contributed by atoms with E-state index in [1.54, 1.807) is 13.0 Å². The van der Waals surface area contributed by atoms with Crippen molar-refractivity contribution in [1.82, 2.24) is 19.6 Å². The van der Waals surface area contributed by atoms with Gasteiger partial charge in [0.15, 0.2) is 5.65 Å². The predicted molar refractivity (Wildman–Crippen MR) is 123 cm³/mol. The number of nitrogens with zero attached hydrogens (tertiary/aromatic N) is 3. The minimum Gasteiger partial charge on any atom is -0.313 e. The standard InChI is InChI=1S/C24H23F3N4O2S/c1-14-10-22(30-24-18(14)2-3-21(29-24)15-4-7-28-8-5-15)23-19(26)11-17(12-20(23)27)34(32,33)31-9-6-16(25)13-31/h2-4,10-12,16,28H,5-9,13H2,1H3/t16-/m0/s1. The third-order valence-electron chi connectivity index (χ3n) is 6.28. The van der Waals surface area contributed by atoms with E-state index in [1.807, 2.05) is 12.1 Å². The number of hydrogen-bond donors (Lipinski definition) is 1. The van der Waals surface area contributed by atoms with Crippen LogP contribution in [-0.4, -0.2) is 55.0 Å². The van der Waals surface area contributed by atoms with Crippen LogP contribution in [0, 0.1) is 18.6 Å². The molecule has 2 aromatic heterocycles. The first kappa shape index (κ1) is 22.9. The maximum atomic E-state index is 15.1. The van der Waals surface area contributed by atoms with Gasteiger partial charge >= 0.3 is 0 Å². The van der Waals surface area contributed by atoms with Gasteiger partial charge < -0.3 is 5.32 Å². The Labute approximate surface area is 195 Å². The lowest BCUT2D eigenvalue weighted by molar-refractivity contribution is 0.343. The molecule has 34 heavy (non-hydrogen) atoms. The average molecular weight is 489 g/mol. The lowest BCUT2D eigenvalue weighted by atomic mass is 10.0. The molecular formula is C24H23F3N4O2S. The van der Waals surface area contributed by atoms with Crippen molar-refractivity contribution in [1.29, 1.82) is 0 Å². The molecule has 0 radical (unpaired) electrons. The summed E-state index contributed by atoms with van der Waals surface area (Å²) in [6.07, 6.45) is 1.64. The van der Waals surface area contributed by atoms with Crippen molar-refractivity contribution in [3.8, 4) is 11.3 Å². The second kappa shape index (κ2) is 8.75. The Hall–Kier alpha value is -2.82. The molecular weight excluding hydrogens is 465 g/mol. The maximum Gasteiger partial charge on any atom is 0.243 e. The highest BCUT2D eigenvalue weighted by atomic mass is 32.2. The summed E-state index contributed by atoms with van der Waals surface area (Å²) in [5.41, 5.74) is 2.53. The van der Waals surface area contributed by atoms with Gasteiger partial charge in [0.05, 0.1) is 21.8 Å². The van der Waals surface area contributed by atoms with E-state index in [-0.39, 0.29) is 25.2 Å². The summed E-state index contributed by atoms with van der Waals surface area (Å²) in [4.78, 5) is 8.51. The van der Waals surface area contributed by atoms with Crippen molar-refractivity contribution in [2.75, 3.05) is 26.2 Å². The number of rotatable bonds is 4. The Balaban J connectivity index is 1.57. The Morgan fingerprint density at radius 2 is 1.82 bits per heavy atom. The van der Waals surface area contributed by atoms with Gasteiger partial charge in [-0.25, -0.2) is 31.6 Å². The molecule has 4 heterocycles. The van der Waals surface area contributed by atoms with E-state index in [2.05, 4.69) is 21.4 Å². The Morgan fingerprint density at radius 3 is 2.47 bits per heavy atom. The molecule has 1 saturated heterocycles. The summed E-state index contributed by atoms with van der Waals surface area (Å²) in [5, 5.41) is 4.00. The summed E-state index contributed by atoms with van der Waals surface area (Å²) >= 11 is 0. The van der Waals surface area contributed by atoms with Gasteiger partial charge in [-0.2, -0.15) is 4.31 Å². The molecule has 0 spiro atoms. The second-order valence-corrected chi connectivity index (χ2v) is 10.5. The molecule has 0 amide bonds. The first-order valence-electron chi connectivity index (χ1n) is 11.1. The zero-order valence-electron chi connectivity index (χ0n) is 18.5. The van der Waals surface area contributed by atoms with Crippen LogP contribution in [0.25, 0.3) is 27.9 Å². The molecule has 2 aliphatic rings. The highest BCUT2D eigenvalue weighted by Crippen LogP contribution is 2.32. The number of hydrogen-bond acceptors (Lipinski definition) is 5. The maximum absolute atomic E-state index is 15.1. The van der Waals surface area contributed by atoms with Crippen molar-refractivity contribution in [3.63, 3.8) is 0 Å². The highest BCUT2D eigenvalue weighted by molar-refractivity contribution is 7.89. The molecule has 2 aliphatic heterocycles. The van der Waals surface area contributed by atoms with Gasteiger partial charge in [-0.1, -0.05) is 6.08 Å². The van der Waals surface area contributed by atoms with Gasteiger partial charge in [0.25, 0.3) is 0 Å². The Bertz CT molecular complexity index is 1400. The minimum absolute atomic E-state index is 0.0258. The van der Waals surface area contributed by atoms with Crippen LogP contribution in [0.2, 0.25) is 0 Å².